The van der Waals surface area contributed by atoms with Gasteiger partial charge in [0.25, 0.3) is 0 Å². The Bertz CT molecular complexity index is 534. The molecule has 1 heterocycles. The summed E-state index contributed by atoms with van der Waals surface area (Å²) in [5.41, 5.74) is 0.973. The highest BCUT2D eigenvalue weighted by Gasteiger charge is 2.26. The molecule has 1 unspecified atom stereocenters. The van der Waals surface area contributed by atoms with Gasteiger partial charge in [-0.15, -0.1) is 0 Å². The Hall–Kier alpha value is -1.85. The average molecular weight is 313 g/mol. The minimum absolute atomic E-state index is 0.0360. The third-order valence-corrected chi connectivity index (χ3v) is 3.65. The first-order valence-electron chi connectivity index (χ1n) is 7.37. The van der Waals surface area contributed by atoms with Crippen molar-refractivity contribution in [3.63, 3.8) is 0 Å². The molecule has 1 atom stereocenters. The first-order valence-corrected chi connectivity index (χ1v) is 7.37. The molecule has 1 fully saturated rings. The van der Waals surface area contributed by atoms with E-state index in [1.54, 1.807) is 24.0 Å². The summed E-state index contributed by atoms with van der Waals surface area (Å²) in [6.45, 7) is 3.67. The standard InChI is InChI=1S/C16H21F2NO3/c1-10(2)21-15-8-12(4-5-14(15)22-16(17)18)13-6-7-19(9-13)11(3)20/h4-5,8,10,13,16H,6-7,9H2,1-3H3. The van der Waals surface area contributed by atoms with Crippen LogP contribution in [0.5, 0.6) is 11.5 Å². The summed E-state index contributed by atoms with van der Waals surface area (Å²) >= 11 is 0. The predicted octanol–water partition coefficient (Wildman–Crippen LogP) is 3.41. The number of carbonyl (C=O) groups is 1. The molecule has 4 nitrogen and oxygen atoms in total. The molecule has 0 spiro atoms. The van der Waals surface area contributed by atoms with E-state index < -0.39 is 6.61 Å². The van der Waals surface area contributed by atoms with Crippen molar-refractivity contribution >= 4 is 5.91 Å². The Morgan fingerprint density at radius 2 is 2.00 bits per heavy atom. The van der Waals surface area contributed by atoms with Gasteiger partial charge in [-0.1, -0.05) is 6.07 Å². The van der Waals surface area contributed by atoms with Gasteiger partial charge in [0.2, 0.25) is 5.91 Å². The number of alkyl halides is 2. The smallest absolute Gasteiger partial charge is 0.387 e. The van der Waals surface area contributed by atoms with Gasteiger partial charge in [0.05, 0.1) is 6.10 Å². The molecular formula is C16H21F2NO3. The summed E-state index contributed by atoms with van der Waals surface area (Å²) < 4.78 is 35.0. The van der Waals surface area contributed by atoms with Crippen molar-refractivity contribution in [2.24, 2.45) is 0 Å². The van der Waals surface area contributed by atoms with E-state index >= 15 is 0 Å². The van der Waals surface area contributed by atoms with Crippen molar-refractivity contribution in [1.29, 1.82) is 0 Å². The van der Waals surface area contributed by atoms with Crippen LogP contribution in [0.25, 0.3) is 0 Å². The number of amides is 1. The van der Waals surface area contributed by atoms with E-state index in [1.807, 2.05) is 13.8 Å². The quantitative estimate of drug-likeness (QED) is 0.836. The fourth-order valence-electron chi connectivity index (χ4n) is 2.64. The van der Waals surface area contributed by atoms with Gasteiger partial charge in [-0.3, -0.25) is 4.79 Å². The lowest BCUT2D eigenvalue weighted by atomic mass is 9.98. The molecule has 0 aliphatic carbocycles. The second kappa shape index (κ2) is 6.94. The third kappa shape index (κ3) is 4.08. The summed E-state index contributed by atoms with van der Waals surface area (Å²) in [4.78, 5) is 13.2. The zero-order valence-corrected chi connectivity index (χ0v) is 13.0. The maximum absolute atomic E-state index is 12.5. The highest BCUT2D eigenvalue weighted by Crippen LogP contribution is 2.35. The highest BCUT2D eigenvalue weighted by molar-refractivity contribution is 5.73. The van der Waals surface area contributed by atoms with E-state index in [2.05, 4.69) is 4.74 Å². The van der Waals surface area contributed by atoms with Gasteiger partial charge >= 0.3 is 6.61 Å². The van der Waals surface area contributed by atoms with E-state index in [0.29, 0.717) is 12.3 Å². The summed E-state index contributed by atoms with van der Waals surface area (Å²) in [6.07, 6.45) is 0.711. The molecule has 1 aromatic carbocycles. The minimum Gasteiger partial charge on any atom is -0.487 e. The molecule has 122 valence electrons. The van der Waals surface area contributed by atoms with Gasteiger partial charge in [0.15, 0.2) is 11.5 Å². The Labute approximate surface area is 129 Å². The lowest BCUT2D eigenvalue weighted by molar-refractivity contribution is -0.127. The number of hydrogen-bond donors (Lipinski definition) is 0. The second-order valence-electron chi connectivity index (χ2n) is 5.70. The summed E-state index contributed by atoms with van der Waals surface area (Å²) in [6, 6.07) is 5.01. The van der Waals surface area contributed by atoms with Crippen LogP contribution in [0.1, 0.15) is 38.7 Å². The SMILES string of the molecule is CC(=O)N1CCC(c2ccc(OC(F)F)c(OC(C)C)c2)C1. The Morgan fingerprint density at radius 3 is 2.55 bits per heavy atom. The maximum Gasteiger partial charge on any atom is 0.387 e. The van der Waals surface area contributed by atoms with Gasteiger partial charge in [-0.05, 0) is 38.0 Å². The van der Waals surface area contributed by atoms with Gasteiger partial charge in [0.1, 0.15) is 0 Å². The van der Waals surface area contributed by atoms with Crippen LogP contribution in [0.3, 0.4) is 0 Å². The predicted molar refractivity (Wildman–Crippen MR) is 78.5 cm³/mol. The number of carbonyl (C=O) groups excluding carboxylic acids is 1. The number of nitrogens with zero attached hydrogens (tertiary/aromatic N) is 1. The maximum atomic E-state index is 12.5. The monoisotopic (exact) mass is 313 g/mol. The van der Waals surface area contributed by atoms with Crippen molar-refractivity contribution < 1.29 is 23.0 Å². The van der Waals surface area contributed by atoms with E-state index in [4.69, 9.17) is 4.74 Å². The minimum atomic E-state index is -2.89. The molecule has 1 aliphatic heterocycles. The Morgan fingerprint density at radius 1 is 1.27 bits per heavy atom. The van der Waals surface area contributed by atoms with Crippen molar-refractivity contribution in [1.82, 2.24) is 4.90 Å². The third-order valence-electron chi connectivity index (χ3n) is 3.65. The molecule has 0 radical (unpaired) electrons. The summed E-state index contributed by atoms with van der Waals surface area (Å²) in [5.74, 6) is 0.598. The van der Waals surface area contributed by atoms with Crippen LogP contribution < -0.4 is 9.47 Å². The van der Waals surface area contributed by atoms with E-state index in [-0.39, 0.29) is 23.7 Å². The normalized spacial score (nSPS) is 18.1. The molecule has 0 saturated carbocycles. The average Bonchev–Trinajstić information content (AvgIpc) is 2.89. The number of halogens is 2. The molecular weight excluding hydrogens is 292 g/mol. The van der Waals surface area contributed by atoms with Crippen molar-refractivity contribution in [3.8, 4) is 11.5 Å². The highest BCUT2D eigenvalue weighted by atomic mass is 19.3. The molecule has 0 bridgehead atoms. The van der Waals surface area contributed by atoms with Gasteiger partial charge in [-0.25, -0.2) is 0 Å². The van der Waals surface area contributed by atoms with E-state index in [0.717, 1.165) is 18.5 Å². The van der Waals surface area contributed by atoms with E-state index in [9.17, 15) is 13.6 Å². The Balaban J connectivity index is 2.21. The molecule has 1 aliphatic rings. The number of benzene rings is 1. The zero-order chi connectivity index (χ0) is 16.3. The molecule has 0 N–H and O–H groups in total. The lowest BCUT2D eigenvalue weighted by Gasteiger charge is -2.18. The van der Waals surface area contributed by atoms with Crippen LogP contribution in [-0.2, 0) is 4.79 Å². The second-order valence-corrected chi connectivity index (χ2v) is 5.70. The number of hydrogen-bond acceptors (Lipinski definition) is 3. The fourth-order valence-corrected chi connectivity index (χ4v) is 2.64. The van der Waals surface area contributed by atoms with Crippen LogP contribution >= 0.6 is 0 Å². The molecule has 1 saturated heterocycles. The zero-order valence-electron chi connectivity index (χ0n) is 13.0. The molecule has 2 rings (SSSR count). The summed E-state index contributed by atoms with van der Waals surface area (Å²) in [7, 11) is 0. The van der Waals surface area contributed by atoms with Crippen LogP contribution in [-0.4, -0.2) is 36.6 Å². The largest absolute Gasteiger partial charge is 0.487 e. The number of ether oxygens (including phenoxy) is 2. The first-order chi connectivity index (χ1) is 10.4. The van der Waals surface area contributed by atoms with Gasteiger partial charge in [0, 0.05) is 25.9 Å². The van der Waals surface area contributed by atoms with E-state index in [1.165, 1.54) is 6.07 Å². The first kappa shape index (κ1) is 16.5. The van der Waals surface area contributed by atoms with Crippen LogP contribution in [0.2, 0.25) is 0 Å². The topological polar surface area (TPSA) is 38.8 Å². The molecule has 6 heteroatoms. The molecule has 1 aromatic rings. The van der Waals surface area contributed by atoms with Gasteiger partial charge in [-0.2, -0.15) is 8.78 Å². The summed E-state index contributed by atoms with van der Waals surface area (Å²) in [5, 5.41) is 0. The fraction of sp³-hybridized carbons (Fsp3) is 0.562. The Kier molecular flexibility index (Phi) is 5.21. The van der Waals surface area contributed by atoms with Crippen molar-refractivity contribution in [3.05, 3.63) is 23.8 Å². The van der Waals surface area contributed by atoms with Crippen molar-refractivity contribution in [2.75, 3.05) is 13.1 Å². The van der Waals surface area contributed by atoms with Crippen LogP contribution in [0.15, 0.2) is 18.2 Å². The molecule has 1 amide bonds. The molecule has 0 aromatic heterocycles. The number of rotatable bonds is 5. The van der Waals surface area contributed by atoms with Crippen LogP contribution in [0, 0.1) is 0 Å². The number of likely N-dealkylation sites (tertiary alicyclic amines) is 1. The van der Waals surface area contributed by atoms with Gasteiger partial charge < -0.3 is 14.4 Å². The molecule has 22 heavy (non-hydrogen) atoms. The lowest BCUT2D eigenvalue weighted by Crippen LogP contribution is -2.25. The van der Waals surface area contributed by atoms with Crippen molar-refractivity contribution in [2.45, 2.75) is 45.8 Å². The van der Waals surface area contributed by atoms with Crippen LogP contribution in [0.4, 0.5) is 8.78 Å².